The normalized spacial score (nSPS) is 12.2. The van der Waals surface area contributed by atoms with E-state index in [-0.39, 0.29) is 16.8 Å². The molecule has 1 aromatic carbocycles. The first-order chi connectivity index (χ1) is 11.4. The SMILES string of the molecule is CCC(N(C)C)N(c1ccccc1)c1nc(C)c(C)cc1[N+](=O)[O-]. The van der Waals surface area contributed by atoms with E-state index in [0.717, 1.165) is 23.4 Å². The predicted molar refractivity (Wildman–Crippen MR) is 96.7 cm³/mol. The average molecular weight is 328 g/mol. The summed E-state index contributed by atoms with van der Waals surface area (Å²) in [6.07, 6.45) is 0.758. The molecule has 1 aromatic heterocycles. The van der Waals surface area contributed by atoms with E-state index in [1.165, 1.54) is 0 Å². The number of nitrogens with zero attached hydrogens (tertiary/aromatic N) is 4. The number of rotatable bonds is 6. The maximum absolute atomic E-state index is 11.6. The van der Waals surface area contributed by atoms with Gasteiger partial charge in [0.25, 0.3) is 0 Å². The Balaban J connectivity index is 2.72. The van der Waals surface area contributed by atoms with E-state index in [1.807, 2.05) is 68.1 Å². The second-order valence-electron chi connectivity index (χ2n) is 6.05. The number of nitro groups is 1. The summed E-state index contributed by atoms with van der Waals surface area (Å²) in [7, 11) is 3.94. The molecule has 0 spiro atoms. The molecule has 0 saturated carbocycles. The Morgan fingerprint density at radius 2 is 1.83 bits per heavy atom. The number of anilines is 2. The van der Waals surface area contributed by atoms with Crippen molar-refractivity contribution in [2.75, 3.05) is 19.0 Å². The lowest BCUT2D eigenvalue weighted by Gasteiger charge is -2.36. The van der Waals surface area contributed by atoms with Gasteiger partial charge in [0, 0.05) is 17.4 Å². The molecule has 128 valence electrons. The van der Waals surface area contributed by atoms with Gasteiger partial charge in [-0.3, -0.25) is 15.0 Å². The van der Waals surface area contributed by atoms with Crippen LogP contribution in [-0.2, 0) is 0 Å². The molecule has 0 aliphatic rings. The summed E-state index contributed by atoms with van der Waals surface area (Å²) in [5, 5.41) is 11.6. The first-order valence-electron chi connectivity index (χ1n) is 8.00. The number of hydrogen-bond donors (Lipinski definition) is 0. The topological polar surface area (TPSA) is 62.5 Å². The molecule has 0 aliphatic carbocycles. The summed E-state index contributed by atoms with van der Waals surface area (Å²) in [6.45, 7) is 5.78. The molecule has 1 atom stereocenters. The molecule has 0 aliphatic heterocycles. The molecule has 0 fully saturated rings. The van der Waals surface area contributed by atoms with Gasteiger partial charge >= 0.3 is 5.69 Å². The van der Waals surface area contributed by atoms with Crippen molar-refractivity contribution >= 4 is 17.2 Å². The first kappa shape index (κ1) is 17.9. The molecule has 6 nitrogen and oxygen atoms in total. The van der Waals surface area contributed by atoms with Crippen LogP contribution in [0.1, 0.15) is 24.6 Å². The maximum atomic E-state index is 11.6. The largest absolute Gasteiger partial charge is 0.312 e. The molecular weight excluding hydrogens is 304 g/mol. The van der Waals surface area contributed by atoms with Gasteiger partial charge in [-0.25, -0.2) is 4.98 Å². The highest BCUT2D eigenvalue weighted by atomic mass is 16.6. The molecule has 2 aromatic rings. The van der Waals surface area contributed by atoms with Gasteiger partial charge in [-0.15, -0.1) is 0 Å². The second-order valence-corrected chi connectivity index (χ2v) is 6.05. The van der Waals surface area contributed by atoms with Crippen LogP contribution < -0.4 is 4.90 Å². The lowest BCUT2D eigenvalue weighted by molar-refractivity contribution is -0.384. The number of pyridine rings is 1. The summed E-state index contributed by atoms with van der Waals surface area (Å²) >= 11 is 0. The molecule has 6 heteroatoms. The Labute approximate surface area is 142 Å². The van der Waals surface area contributed by atoms with Crippen LogP contribution in [0.3, 0.4) is 0 Å². The third kappa shape index (κ3) is 3.54. The highest BCUT2D eigenvalue weighted by Gasteiger charge is 2.29. The maximum Gasteiger partial charge on any atom is 0.312 e. The summed E-state index contributed by atoms with van der Waals surface area (Å²) in [5.41, 5.74) is 2.53. The summed E-state index contributed by atoms with van der Waals surface area (Å²) < 4.78 is 0. The van der Waals surface area contributed by atoms with E-state index in [4.69, 9.17) is 0 Å². The molecule has 2 rings (SSSR count). The fourth-order valence-corrected chi connectivity index (χ4v) is 2.79. The molecule has 0 N–H and O–H groups in total. The zero-order valence-corrected chi connectivity index (χ0v) is 14.9. The lowest BCUT2D eigenvalue weighted by Crippen LogP contribution is -2.42. The van der Waals surface area contributed by atoms with Gasteiger partial charge in [-0.05, 0) is 52.1 Å². The number of hydrogen-bond acceptors (Lipinski definition) is 5. The third-order valence-corrected chi connectivity index (χ3v) is 4.15. The average Bonchev–Trinajstić information content (AvgIpc) is 2.55. The van der Waals surface area contributed by atoms with Gasteiger partial charge < -0.3 is 4.90 Å². The highest BCUT2D eigenvalue weighted by molar-refractivity contribution is 5.70. The molecule has 0 saturated heterocycles. The van der Waals surface area contributed by atoms with E-state index in [1.54, 1.807) is 6.07 Å². The molecule has 24 heavy (non-hydrogen) atoms. The van der Waals surface area contributed by atoms with Gasteiger partial charge in [-0.2, -0.15) is 0 Å². The van der Waals surface area contributed by atoms with Crippen LogP contribution >= 0.6 is 0 Å². The van der Waals surface area contributed by atoms with Crippen LogP contribution in [0.2, 0.25) is 0 Å². The molecular formula is C18H24N4O2. The Morgan fingerprint density at radius 3 is 2.33 bits per heavy atom. The Morgan fingerprint density at radius 1 is 1.21 bits per heavy atom. The van der Waals surface area contributed by atoms with Crippen LogP contribution in [-0.4, -0.2) is 35.1 Å². The van der Waals surface area contributed by atoms with Gasteiger partial charge in [0.15, 0.2) is 0 Å². The van der Waals surface area contributed by atoms with Crippen molar-refractivity contribution in [3.63, 3.8) is 0 Å². The minimum Gasteiger partial charge on any atom is -0.304 e. The minimum absolute atomic E-state index is 0.0299. The van der Waals surface area contributed by atoms with Crippen LogP contribution in [0.5, 0.6) is 0 Å². The van der Waals surface area contributed by atoms with Crippen LogP contribution in [0, 0.1) is 24.0 Å². The van der Waals surface area contributed by atoms with Crippen molar-refractivity contribution in [1.29, 1.82) is 0 Å². The molecule has 1 heterocycles. The van der Waals surface area contributed by atoms with Crippen LogP contribution in [0.25, 0.3) is 0 Å². The first-order valence-corrected chi connectivity index (χ1v) is 8.00. The van der Waals surface area contributed by atoms with E-state index in [9.17, 15) is 10.1 Å². The Kier molecular flexibility index (Phi) is 5.51. The van der Waals surface area contributed by atoms with E-state index in [0.29, 0.717) is 5.82 Å². The van der Waals surface area contributed by atoms with Gasteiger partial charge in [0.05, 0.1) is 11.1 Å². The third-order valence-electron chi connectivity index (χ3n) is 4.15. The van der Waals surface area contributed by atoms with Crippen molar-refractivity contribution in [3.8, 4) is 0 Å². The summed E-state index contributed by atoms with van der Waals surface area (Å²) in [4.78, 5) is 19.9. The van der Waals surface area contributed by atoms with E-state index in [2.05, 4.69) is 11.9 Å². The fraction of sp³-hybridized carbons (Fsp3) is 0.389. The minimum atomic E-state index is -0.354. The van der Waals surface area contributed by atoms with Gasteiger partial charge in [-0.1, -0.05) is 25.1 Å². The standard InChI is InChI=1S/C18H24N4O2/c1-6-17(20(4)5)21(15-10-8-7-9-11-15)18-16(22(23)24)12-13(2)14(3)19-18/h7-12,17H,6H2,1-5H3. The fourth-order valence-electron chi connectivity index (χ4n) is 2.79. The number of para-hydroxylation sites is 1. The number of aryl methyl sites for hydroxylation is 2. The monoisotopic (exact) mass is 328 g/mol. The Bertz CT molecular complexity index is 716. The molecule has 1 unspecified atom stereocenters. The summed E-state index contributed by atoms with van der Waals surface area (Å²) in [5.74, 6) is 0.384. The second kappa shape index (κ2) is 7.40. The van der Waals surface area contributed by atoms with Crippen molar-refractivity contribution in [3.05, 3.63) is 57.8 Å². The van der Waals surface area contributed by atoms with Crippen molar-refractivity contribution < 1.29 is 4.92 Å². The lowest BCUT2D eigenvalue weighted by atomic mass is 10.1. The molecule has 0 amide bonds. The highest BCUT2D eigenvalue weighted by Crippen LogP contribution is 2.36. The van der Waals surface area contributed by atoms with Crippen LogP contribution in [0.15, 0.2) is 36.4 Å². The predicted octanol–water partition coefficient (Wildman–Crippen LogP) is 4.04. The quantitative estimate of drug-likeness (QED) is 0.455. The van der Waals surface area contributed by atoms with Crippen LogP contribution in [0.4, 0.5) is 17.2 Å². The smallest absolute Gasteiger partial charge is 0.304 e. The van der Waals surface area contributed by atoms with E-state index < -0.39 is 0 Å². The zero-order chi connectivity index (χ0) is 17.9. The zero-order valence-electron chi connectivity index (χ0n) is 14.9. The Hall–Kier alpha value is -2.47. The van der Waals surface area contributed by atoms with Crippen molar-refractivity contribution in [2.24, 2.45) is 0 Å². The summed E-state index contributed by atoms with van der Waals surface area (Å²) in [6, 6.07) is 11.3. The number of benzene rings is 1. The van der Waals surface area contributed by atoms with Gasteiger partial charge in [0.2, 0.25) is 5.82 Å². The van der Waals surface area contributed by atoms with Gasteiger partial charge in [0.1, 0.15) is 0 Å². The van der Waals surface area contributed by atoms with Crippen molar-refractivity contribution in [2.45, 2.75) is 33.4 Å². The molecule has 0 bridgehead atoms. The number of aromatic nitrogens is 1. The van der Waals surface area contributed by atoms with Crippen molar-refractivity contribution in [1.82, 2.24) is 9.88 Å². The van der Waals surface area contributed by atoms with E-state index >= 15 is 0 Å². The molecule has 0 radical (unpaired) electrons.